The highest BCUT2D eigenvalue weighted by Crippen LogP contribution is 2.24. The lowest BCUT2D eigenvalue weighted by Gasteiger charge is -2.35. The number of nitrogens with zero attached hydrogens (tertiary/aromatic N) is 2. The van der Waals surface area contributed by atoms with E-state index in [4.69, 9.17) is 14.2 Å². The number of cyclic esters (lactones) is 1. The van der Waals surface area contributed by atoms with Crippen LogP contribution in [0.15, 0.2) is 54.6 Å². The number of urea groups is 1. The van der Waals surface area contributed by atoms with E-state index < -0.39 is 5.97 Å². The summed E-state index contributed by atoms with van der Waals surface area (Å²) in [5.41, 5.74) is 0.702. The predicted molar refractivity (Wildman–Crippen MR) is 120 cm³/mol. The number of esters is 1. The van der Waals surface area contributed by atoms with Gasteiger partial charge in [0.1, 0.15) is 12.4 Å². The Labute approximate surface area is 192 Å². The van der Waals surface area contributed by atoms with Crippen molar-refractivity contribution in [3.05, 3.63) is 60.2 Å². The summed E-state index contributed by atoms with van der Waals surface area (Å²) in [4.78, 5) is 40.5. The Bertz CT molecular complexity index is 991. The van der Waals surface area contributed by atoms with Crippen LogP contribution in [0.4, 0.5) is 15.3 Å². The second kappa shape index (κ2) is 10.2. The number of hydrogen-bond donors (Lipinski definition) is 1. The van der Waals surface area contributed by atoms with E-state index in [0.29, 0.717) is 50.3 Å². The van der Waals surface area contributed by atoms with Crippen LogP contribution < -0.4 is 10.1 Å². The van der Waals surface area contributed by atoms with Gasteiger partial charge in [-0.25, -0.2) is 14.4 Å². The van der Waals surface area contributed by atoms with E-state index in [1.165, 1.54) is 7.11 Å². The van der Waals surface area contributed by atoms with Crippen molar-refractivity contribution < 1.29 is 28.6 Å². The lowest BCUT2D eigenvalue weighted by atomic mass is 10.0. The first-order valence-electron chi connectivity index (χ1n) is 10.9. The molecular formula is C24H27N3O6. The highest BCUT2D eigenvalue weighted by atomic mass is 16.6. The minimum absolute atomic E-state index is 0.00521. The van der Waals surface area contributed by atoms with Gasteiger partial charge in [0.15, 0.2) is 6.10 Å². The zero-order valence-corrected chi connectivity index (χ0v) is 18.4. The number of ether oxygens (including phenoxy) is 3. The van der Waals surface area contributed by atoms with Gasteiger partial charge in [0, 0.05) is 19.1 Å². The van der Waals surface area contributed by atoms with Crippen molar-refractivity contribution >= 4 is 23.8 Å². The molecule has 2 aromatic carbocycles. The van der Waals surface area contributed by atoms with Gasteiger partial charge in [-0.05, 0) is 37.1 Å². The SMILES string of the molecule is COC(=O)c1ccccc1NC(=O)N1CCC(N2CC(COc3ccccc3)OC2=O)CC1. The molecule has 2 heterocycles. The number of para-hydroxylation sites is 2. The maximum Gasteiger partial charge on any atom is 0.410 e. The van der Waals surface area contributed by atoms with Gasteiger partial charge in [0.25, 0.3) is 0 Å². The Hall–Kier alpha value is -3.75. The molecule has 9 nitrogen and oxygen atoms in total. The number of anilines is 1. The van der Waals surface area contributed by atoms with Crippen molar-refractivity contribution in [1.29, 1.82) is 0 Å². The van der Waals surface area contributed by atoms with Crippen molar-refractivity contribution in [2.24, 2.45) is 0 Å². The maximum atomic E-state index is 12.7. The third-order valence-electron chi connectivity index (χ3n) is 5.85. The topological polar surface area (TPSA) is 97.4 Å². The summed E-state index contributed by atoms with van der Waals surface area (Å²) in [5.74, 6) is 0.225. The Kier molecular flexibility index (Phi) is 6.97. The van der Waals surface area contributed by atoms with Gasteiger partial charge in [-0.2, -0.15) is 0 Å². The summed E-state index contributed by atoms with van der Waals surface area (Å²) >= 11 is 0. The maximum absolute atomic E-state index is 12.7. The molecule has 2 aliphatic rings. The second-order valence-corrected chi connectivity index (χ2v) is 7.97. The highest BCUT2D eigenvalue weighted by molar-refractivity contribution is 6.00. The molecule has 174 valence electrons. The van der Waals surface area contributed by atoms with E-state index >= 15 is 0 Å². The van der Waals surface area contributed by atoms with Gasteiger partial charge in [-0.3, -0.25) is 0 Å². The van der Waals surface area contributed by atoms with E-state index in [1.54, 1.807) is 34.1 Å². The van der Waals surface area contributed by atoms with Gasteiger partial charge in [0.05, 0.1) is 24.9 Å². The van der Waals surface area contributed by atoms with Crippen LogP contribution in [0, 0.1) is 0 Å². The zero-order valence-electron chi connectivity index (χ0n) is 18.4. The van der Waals surface area contributed by atoms with Gasteiger partial charge >= 0.3 is 18.1 Å². The average molecular weight is 453 g/mol. The molecule has 1 atom stereocenters. The molecule has 0 radical (unpaired) electrons. The predicted octanol–water partition coefficient (Wildman–Crippen LogP) is 3.37. The normalized spacial score (nSPS) is 18.6. The Morgan fingerprint density at radius 3 is 2.48 bits per heavy atom. The summed E-state index contributed by atoms with van der Waals surface area (Å²) in [6.07, 6.45) is 0.626. The van der Waals surface area contributed by atoms with Gasteiger partial charge in [0.2, 0.25) is 0 Å². The number of hydrogen-bond acceptors (Lipinski definition) is 6. The number of carbonyl (C=O) groups is 3. The number of nitrogens with one attached hydrogen (secondary N) is 1. The number of likely N-dealkylation sites (tertiary alicyclic amines) is 1. The van der Waals surface area contributed by atoms with Crippen LogP contribution in [-0.2, 0) is 9.47 Å². The average Bonchev–Trinajstić information content (AvgIpc) is 3.23. The van der Waals surface area contributed by atoms with Gasteiger partial charge in [-0.1, -0.05) is 30.3 Å². The van der Waals surface area contributed by atoms with Crippen LogP contribution in [0.25, 0.3) is 0 Å². The molecule has 0 bridgehead atoms. The summed E-state index contributed by atoms with van der Waals surface area (Å²) in [6.45, 7) is 1.75. The number of rotatable bonds is 6. The second-order valence-electron chi connectivity index (χ2n) is 7.97. The smallest absolute Gasteiger partial charge is 0.410 e. The van der Waals surface area contributed by atoms with Gasteiger partial charge in [-0.15, -0.1) is 0 Å². The largest absolute Gasteiger partial charge is 0.490 e. The Balaban J connectivity index is 1.27. The number of methoxy groups -OCH3 is 1. The fourth-order valence-electron chi connectivity index (χ4n) is 4.09. The van der Waals surface area contributed by atoms with E-state index in [1.807, 2.05) is 30.3 Å². The number of amides is 3. The fraction of sp³-hybridized carbons (Fsp3) is 0.375. The monoisotopic (exact) mass is 453 g/mol. The quantitative estimate of drug-likeness (QED) is 0.674. The molecule has 0 aliphatic carbocycles. The summed E-state index contributed by atoms with van der Waals surface area (Å²) in [6, 6.07) is 15.8. The summed E-state index contributed by atoms with van der Waals surface area (Å²) in [5, 5.41) is 2.79. The van der Waals surface area contributed by atoms with Crippen molar-refractivity contribution in [3.8, 4) is 5.75 Å². The molecule has 2 saturated heterocycles. The van der Waals surface area contributed by atoms with Crippen molar-refractivity contribution in [3.63, 3.8) is 0 Å². The van der Waals surface area contributed by atoms with E-state index in [2.05, 4.69) is 5.32 Å². The van der Waals surface area contributed by atoms with Crippen LogP contribution in [0.5, 0.6) is 5.75 Å². The first-order chi connectivity index (χ1) is 16.0. The summed E-state index contributed by atoms with van der Waals surface area (Å²) < 4.78 is 16.0. The molecule has 2 aliphatic heterocycles. The van der Waals surface area contributed by atoms with E-state index in [0.717, 1.165) is 5.75 Å². The van der Waals surface area contributed by atoms with Crippen molar-refractivity contribution in [2.75, 3.05) is 38.7 Å². The third kappa shape index (κ3) is 5.36. The molecule has 4 rings (SSSR count). The van der Waals surface area contributed by atoms with Gasteiger partial charge < -0.3 is 29.3 Å². The molecule has 2 aromatic rings. The first kappa shape index (κ1) is 22.4. The molecule has 0 saturated carbocycles. The lowest BCUT2D eigenvalue weighted by Crippen LogP contribution is -2.48. The first-order valence-corrected chi connectivity index (χ1v) is 10.9. The number of piperidine rings is 1. The minimum Gasteiger partial charge on any atom is -0.490 e. The number of carbonyl (C=O) groups excluding carboxylic acids is 3. The number of benzene rings is 2. The molecule has 2 fully saturated rings. The van der Waals surface area contributed by atoms with Crippen LogP contribution >= 0.6 is 0 Å². The Morgan fingerprint density at radius 1 is 1.06 bits per heavy atom. The van der Waals surface area contributed by atoms with Crippen molar-refractivity contribution in [1.82, 2.24) is 9.80 Å². The zero-order chi connectivity index (χ0) is 23.2. The van der Waals surface area contributed by atoms with E-state index in [-0.39, 0.29) is 24.3 Å². The summed E-state index contributed by atoms with van der Waals surface area (Å²) in [7, 11) is 1.30. The molecule has 3 amide bonds. The molecule has 1 N–H and O–H groups in total. The molecule has 0 aromatic heterocycles. The molecule has 33 heavy (non-hydrogen) atoms. The van der Waals surface area contributed by atoms with Crippen LogP contribution in [-0.4, -0.2) is 73.4 Å². The molecule has 1 unspecified atom stereocenters. The van der Waals surface area contributed by atoms with Crippen LogP contribution in [0.1, 0.15) is 23.2 Å². The molecular weight excluding hydrogens is 426 g/mol. The standard InChI is InChI=1S/C24H27N3O6/c1-31-22(28)20-9-5-6-10-21(20)25-23(29)26-13-11-17(12-14-26)27-15-19(33-24(27)30)16-32-18-7-3-2-4-8-18/h2-10,17,19H,11-16H2,1H3,(H,25,29). The van der Waals surface area contributed by atoms with Crippen LogP contribution in [0.3, 0.4) is 0 Å². The minimum atomic E-state index is -0.511. The highest BCUT2D eigenvalue weighted by Gasteiger charge is 2.38. The molecule has 9 heteroatoms. The lowest BCUT2D eigenvalue weighted by molar-refractivity contribution is 0.0602. The van der Waals surface area contributed by atoms with E-state index in [9.17, 15) is 14.4 Å². The third-order valence-corrected chi connectivity index (χ3v) is 5.85. The fourth-order valence-corrected chi connectivity index (χ4v) is 4.09. The van der Waals surface area contributed by atoms with Crippen LogP contribution in [0.2, 0.25) is 0 Å². The van der Waals surface area contributed by atoms with Crippen molar-refractivity contribution in [2.45, 2.75) is 25.0 Å². The Morgan fingerprint density at radius 2 is 1.76 bits per heavy atom. The molecule has 0 spiro atoms.